The average molecular weight is 243 g/mol. The zero-order valence-electron chi connectivity index (χ0n) is 10.7. The smallest absolute Gasteiger partial charge is 0.119 e. The Kier molecular flexibility index (Phi) is 2.63. The van der Waals surface area contributed by atoms with E-state index in [-0.39, 0.29) is 5.41 Å². The third kappa shape index (κ3) is 1.63. The summed E-state index contributed by atoms with van der Waals surface area (Å²) < 4.78 is 11.2. The summed E-state index contributed by atoms with van der Waals surface area (Å²) >= 11 is 0. The molecule has 0 atom stereocenters. The van der Waals surface area contributed by atoms with Crippen molar-refractivity contribution in [2.75, 3.05) is 25.6 Å². The minimum atomic E-state index is -0.0967. The number of nitrogens with one attached hydrogen (secondary N) is 1. The van der Waals surface area contributed by atoms with Crippen LogP contribution >= 0.6 is 0 Å². The molecule has 3 heteroatoms. The minimum absolute atomic E-state index is 0.0967. The topological polar surface area (TPSA) is 34.4 Å². The molecule has 1 fully saturated rings. The van der Waals surface area contributed by atoms with Gasteiger partial charge in [0, 0.05) is 12.7 Å². The Labute approximate surface area is 107 Å². The van der Waals surface area contributed by atoms with E-state index in [9.17, 15) is 0 Å². The quantitative estimate of drug-likeness (QED) is 0.900. The van der Waals surface area contributed by atoms with E-state index >= 15 is 0 Å². The number of aryl methyl sites for hydroxylation is 1. The fourth-order valence-electron chi connectivity index (χ4n) is 2.41. The van der Waals surface area contributed by atoms with E-state index in [4.69, 9.17) is 9.15 Å². The molecule has 2 aromatic rings. The molecule has 1 aliphatic heterocycles. The molecule has 94 valence electrons. The summed E-state index contributed by atoms with van der Waals surface area (Å²) in [5, 5.41) is 3.13. The molecule has 1 N–H and O–H groups in total. The van der Waals surface area contributed by atoms with E-state index in [1.54, 1.807) is 0 Å². The summed E-state index contributed by atoms with van der Waals surface area (Å²) in [5.41, 5.74) is 2.27. The number of ether oxygens (including phenoxy) is 1. The Morgan fingerprint density at radius 1 is 1.06 bits per heavy atom. The van der Waals surface area contributed by atoms with E-state index in [1.807, 2.05) is 20.0 Å². The van der Waals surface area contributed by atoms with Crippen LogP contribution in [0, 0.1) is 6.92 Å². The van der Waals surface area contributed by atoms with Crippen molar-refractivity contribution in [3.8, 4) is 0 Å². The maximum atomic E-state index is 5.81. The monoisotopic (exact) mass is 243 g/mol. The van der Waals surface area contributed by atoms with Crippen LogP contribution in [0.2, 0.25) is 0 Å². The van der Waals surface area contributed by atoms with Gasteiger partial charge in [-0.15, -0.1) is 0 Å². The van der Waals surface area contributed by atoms with Crippen molar-refractivity contribution < 1.29 is 9.15 Å². The number of hydrogen-bond donors (Lipinski definition) is 1. The number of rotatable bonds is 3. The second-order valence-corrected chi connectivity index (χ2v) is 4.81. The molecule has 0 bridgehead atoms. The SMILES string of the molecule is CNc1ccc(C2(c3ccc(C)o3)COC2)cc1. The molecule has 0 amide bonds. The lowest BCUT2D eigenvalue weighted by atomic mass is 9.76. The lowest BCUT2D eigenvalue weighted by molar-refractivity contribution is -0.0478. The molecule has 0 saturated carbocycles. The van der Waals surface area contributed by atoms with E-state index in [1.165, 1.54) is 5.56 Å². The van der Waals surface area contributed by atoms with Crippen LogP contribution in [-0.4, -0.2) is 20.3 Å². The number of furan rings is 1. The lowest BCUT2D eigenvalue weighted by Gasteiger charge is -2.40. The van der Waals surface area contributed by atoms with Crippen LogP contribution in [-0.2, 0) is 10.2 Å². The van der Waals surface area contributed by atoms with Crippen molar-refractivity contribution in [3.05, 3.63) is 53.5 Å². The molecule has 0 aliphatic carbocycles. The summed E-state index contributed by atoms with van der Waals surface area (Å²) in [6, 6.07) is 12.5. The van der Waals surface area contributed by atoms with E-state index in [0.29, 0.717) is 13.2 Å². The third-order valence-corrected chi connectivity index (χ3v) is 3.64. The van der Waals surface area contributed by atoms with Gasteiger partial charge in [0.2, 0.25) is 0 Å². The van der Waals surface area contributed by atoms with Gasteiger partial charge in [0.15, 0.2) is 0 Å². The molecule has 1 saturated heterocycles. The summed E-state index contributed by atoms with van der Waals surface area (Å²) in [4.78, 5) is 0. The number of hydrogen-bond acceptors (Lipinski definition) is 3. The first kappa shape index (κ1) is 11.4. The highest BCUT2D eigenvalue weighted by Gasteiger charge is 2.44. The third-order valence-electron chi connectivity index (χ3n) is 3.64. The highest BCUT2D eigenvalue weighted by Crippen LogP contribution is 2.40. The molecule has 1 aromatic heterocycles. The van der Waals surface area contributed by atoms with Gasteiger partial charge in [0.25, 0.3) is 0 Å². The van der Waals surface area contributed by atoms with Crippen LogP contribution in [0.1, 0.15) is 17.1 Å². The molecule has 0 radical (unpaired) electrons. The van der Waals surface area contributed by atoms with Crippen molar-refractivity contribution in [2.24, 2.45) is 0 Å². The second-order valence-electron chi connectivity index (χ2n) is 4.81. The molecule has 2 heterocycles. The van der Waals surface area contributed by atoms with Crippen LogP contribution in [0.15, 0.2) is 40.8 Å². The second kappa shape index (κ2) is 4.18. The van der Waals surface area contributed by atoms with Gasteiger partial charge >= 0.3 is 0 Å². The number of benzene rings is 1. The first-order valence-electron chi connectivity index (χ1n) is 6.17. The van der Waals surface area contributed by atoms with Crippen LogP contribution in [0.25, 0.3) is 0 Å². The Hall–Kier alpha value is -1.74. The lowest BCUT2D eigenvalue weighted by Crippen LogP contribution is -2.47. The van der Waals surface area contributed by atoms with E-state index < -0.39 is 0 Å². The molecular weight excluding hydrogens is 226 g/mol. The Bertz CT molecular complexity index is 538. The maximum absolute atomic E-state index is 5.81. The zero-order valence-corrected chi connectivity index (χ0v) is 10.7. The summed E-state index contributed by atoms with van der Waals surface area (Å²) in [7, 11) is 1.92. The van der Waals surface area contributed by atoms with Gasteiger partial charge in [0.05, 0.1) is 18.6 Å². The van der Waals surface area contributed by atoms with Crippen LogP contribution < -0.4 is 5.32 Å². The van der Waals surface area contributed by atoms with Gasteiger partial charge in [-0.2, -0.15) is 0 Å². The minimum Gasteiger partial charge on any atom is -0.465 e. The van der Waals surface area contributed by atoms with Crippen molar-refractivity contribution in [1.29, 1.82) is 0 Å². The normalized spacial score (nSPS) is 17.2. The van der Waals surface area contributed by atoms with Gasteiger partial charge in [-0.05, 0) is 36.8 Å². The Balaban J connectivity index is 2.00. The molecular formula is C15H17NO2. The predicted molar refractivity (Wildman–Crippen MR) is 71.0 cm³/mol. The first-order chi connectivity index (χ1) is 8.74. The van der Waals surface area contributed by atoms with Gasteiger partial charge < -0.3 is 14.5 Å². The molecule has 18 heavy (non-hydrogen) atoms. The van der Waals surface area contributed by atoms with Gasteiger partial charge in [0.1, 0.15) is 11.5 Å². The summed E-state index contributed by atoms with van der Waals surface area (Å²) in [6.07, 6.45) is 0. The van der Waals surface area contributed by atoms with Crippen molar-refractivity contribution in [2.45, 2.75) is 12.3 Å². The average Bonchev–Trinajstić information content (AvgIpc) is 2.76. The zero-order chi connectivity index (χ0) is 12.6. The van der Waals surface area contributed by atoms with E-state index in [0.717, 1.165) is 17.2 Å². The Morgan fingerprint density at radius 2 is 1.78 bits per heavy atom. The highest BCUT2D eigenvalue weighted by molar-refractivity contribution is 5.48. The van der Waals surface area contributed by atoms with Crippen molar-refractivity contribution in [1.82, 2.24) is 0 Å². The molecule has 1 aliphatic rings. The van der Waals surface area contributed by atoms with Crippen LogP contribution in [0.3, 0.4) is 0 Å². The van der Waals surface area contributed by atoms with Crippen molar-refractivity contribution >= 4 is 5.69 Å². The molecule has 3 nitrogen and oxygen atoms in total. The largest absolute Gasteiger partial charge is 0.465 e. The number of anilines is 1. The predicted octanol–water partition coefficient (Wildman–Crippen LogP) is 2.95. The van der Waals surface area contributed by atoms with Gasteiger partial charge in [-0.3, -0.25) is 0 Å². The standard InChI is InChI=1S/C15H17NO2/c1-11-3-8-14(18-11)15(9-17-10-15)12-4-6-13(16-2)7-5-12/h3-8,16H,9-10H2,1-2H3. The molecule has 3 rings (SSSR count). The van der Waals surface area contributed by atoms with Gasteiger partial charge in [-0.1, -0.05) is 12.1 Å². The first-order valence-corrected chi connectivity index (χ1v) is 6.17. The van der Waals surface area contributed by atoms with Crippen LogP contribution in [0.5, 0.6) is 0 Å². The fraction of sp³-hybridized carbons (Fsp3) is 0.333. The van der Waals surface area contributed by atoms with Crippen LogP contribution in [0.4, 0.5) is 5.69 Å². The highest BCUT2D eigenvalue weighted by atomic mass is 16.5. The fourth-order valence-corrected chi connectivity index (χ4v) is 2.41. The summed E-state index contributed by atoms with van der Waals surface area (Å²) in [5.74, 6) is 1.95. The Morgan fingerprint density at radius 3 is 2.22 bits per heavy atom. The molecule has 0 unspecified atom stereocenters. The maximum Gasteiger partial charge on any atom is 0.119 e. The van der Waals surface area contributed by atoms with E-state index in [2.05, 4.69) is 35.6 Å². The molecule has 1 aromatic carbocycles. The van der Waals surface area contributed by atoms with Gasteiger partial charge in [-0.25, -0.2) is 0 Å². The van der Waals surface area contributed by atoms with Crippen molar-refractivity contribution in [3.63, 3.8) is 0 Å². The molecule has 0 spiro atoms. The summed E-state index contributed by atoms with van der Waals surface area (Å²) in [6.45, 7) is 3.36.